The molecule has 2 aliphatic carbocycles. The van der Waals surface area contributed by atoms with Crippen LogP contribution < -0.4 is 0 Å². The Bertz CT molecular complexity index is 625. The molecule has 0 radical (unpaired) electrons. The largest absolute Gasteiger partial charge is 0.472 e. The molecule has 0 aromatic carbocycles. The van der Waals surface area contributed by atoms with E-state index in [1.807, 2.05) is 13.0 Å². The number of rotatable bonds is 3. The lowest BCUT2D eigenvalue weighted by Gasteiger charge is -2.59. The topological polar surface area (TPSA) is 50.4 Å². The zero-order valence-electron chi connectivity index (χ0n) is 14.7. The van der Waals surface area contributed by atoms with Crippen LogP contribution in [0.4, 0.5) is 0 Å². The van der Waals surface area contributed by atoms with E-state index in [-0.39, 0.29) is 17.1 Å². The number of aliphatic hydroxyl groups is 1. The van der Waals surface area contributed by atoms with Gasteiger partial charge >= 0.3 is 0 Å². The smallest absolute Gasteiger partial charge is 0.160 e. The van der Waals surface area contributed by atoms with Crippen LogP contribution in [0.1, 0.15) is 58.9 Å². The second-order valence-electron chi connectivity index (χ2n) is 8.41. The fourth-order valence-electron chi connectivity index (χ4n) is 5.32. The quantitative estimate of drug-likeness (QED) is 0.904. The van der Waals surface area contributed by atoms with E-state index in [4.69, 9.17) is 4.42 Å². The number of carbonyl (C=O) groups excluding carboxylic acids is 1. The highest BCUT2D eigenvalue weighted by molar-refractivity contribution is 5.95. The van der Waals surface area contributed by atoms with E-state index < -0.39 is 11.0 Å². The minimum absolute atomic E-state index is 0.0646. The monoisotopic (exact) mass is 316 g/mol. The molecule has 0 spiro atoms. The molecule has 3 heteroatoms. The molecule has 3 nitrogen and oxygen atoms in total. The third kappa shape index (κ3) is 2.40. The standard InChI is InChI=1S/C20H28O3/c1-14-12-16(21)17-18(2,3)8-5-9-19(17,4)20(14,22)10-6-15-7-11-23-13-15/h7,11-13,17,22H,5-6,8-10H2,1-4H3/t17-,19+,20-/m1/s1. The van der Waals surface area contributed by atoms with Gasteiger partial charge in [0.1, 0.15) is 0 Å². The number of fused-ring (bicyclic) bond motifs is 1. The highest BCUT2D eigenvalue weighted by Gasteiger charge is 2.61. The van der Waals surface area contributed by atoms with Crippen LogP contribution in [0.3, 0.4) is 0 Å². The van der Waals surface area contributed by atoms with Crippen LogP contribution in [0.25, 0.3) is 0 Å². The van der Waals surface area contributed by atoms with Gasteiger partial charge in [0.05, 0.1) is 18.1 Å². The summed E-state index contributed by atoms with van der Waals surface area (Å²) in [4.78, 5) is 12.8. The number of aryl methyl sites for hydroxylation is 1. The molecule has 1 fully saturated rings. The van der Waals surface area contributed by atoms with Gasteiger partial charge < -0.3 is 9.52 Å². The van der Waals surface area contributed by atoms with Gasteiger partial charge in [-0.2, -0.15) is 0 Å². The zero-order chi connectivity index (χ0) is 16.9. The fourth-order valence-corrected chi connectivity index (χ4v) is 5.32. The summed E-state index contributed by atoms with van der Waals surface area (Å²) in [7, 11) is 0. The van der Waals surface area contributed by atoms with Gasteiger partial charge in [-0.05, 0) is 61.3 Å². The van der Waals surface area contributed by atoms with Gasteiger partial charge in [-0.25, -0.2) is 0 Å². The van der Waals surface area contributed by atoms with Crippen LogP contribution >= 0.6 is 0 Å². The minimum Gasteiger partial charge on any atom is -0.472 e. The van der Waals surface area contributed by atoms with Gasteiger partial charge in [-0.1, -0.05) is 27.2 Å². The number of carbonyl (C=O) groups is 1. The van der Waals surface area contributed by atoms with Crippen molar-refractivity contribution < 1.29 is 14.3 Å². The SMILES string of the molecule is CC1=CC(=O)[C@@H]2C(C)(C)CCC[C@]2(C)[C@@]1(O)CCc1ccoc1. The Balaban J connectivity index is 2.00. The van der Waals surface area contributed by atoms with Crippen LogP contribution in [0.2, 0.25) is 0 Å². The molecule has 1 aromatic rings. The first-order valence-corrected chi connectivity index (χ1v) is 8.67. The Morgan fingerprint density at radius 3 is 2.70 bits per heavy atom. The summed E-state index contributed by atoms with van der Waals surface area (Å²) in [6, 6.07) is 1.95. The first kappa shape index (κ1) is 16.5. The highest BCUT2D eigenvalue weighted by atomic mass is 16.3. The van der Waals surface area contributed by atoms with Crippen LogP contribution in [0, 0.1) is 16.7 Å². The van der Waals surface area contributed by atoms with E-state index in [9.17, 15) is 9.90 Å². The molecule has 1 N–H and O–H groups in total. The van der Waals surface area contributed by atoms with E-state index in [2.05, 4.69) is 20.8 Å². The summed E-state index contributed by atoms with van der Waals surface area (Å²) in [6.07, 6.45) is 9.51. The molecule has 1 heterocycles. The maximum Gasteiger partial charge on any atom is 0.160 e. The van der Waals surface area contributed by atoms with Crippen LogP contribution in [0.5, 0.6) is 0 Å². The molecular formula is C20H28O3. The van der Waals surface area contributed by atoms with Gasteiger partial charge in [0, 0.05) is 11.3 Å². The molecule has 0 saturated heterocycles. The maximum absolute atomic E-state index is 12.8. The van der Waals surface area contributed by atoms with Crippen molar-refractivity contribution in [1.82, 2.24) is 0 Å². The molecule has 1 aromatic heterocycles. The minimum atomic E-state index is -0.930. The average Bonchev–Trinajstić information content (AvgIpc) is 2.95. The summed E-state index contributed by atoms with van der Waals surface area (Å²) in [6.45, 7) is 8.40. The van der Waals surface area contributed by atoms with Gasteiger partial charge in [-0.15, -0.1) is 0 Å². The van der Waals surface area contributed by atoms with Crippen molar-refractivity contribution in [1.29, 1.82) is 0 Å². The molecule has 3 rings (SSSR count). The van der Waals surface area contributed by atoms with E-state index in [0.717, 1.165) is 36.8 Å². The Morgan fingerprint density at radius 1 is 1.30 bits per heavy atom. The van der Waals surface area contributed by atoms with E-state index >= 15 is 0 Å². The number of hydrogen-bond donors (Lipinski definition) is 1. The second-order valence-corrected chi connectivity index (χ2v) is 8.41. The van der Waals surface area contributed by atoms with Gasteiger partial charge in [-0.3, -0.25) is 4.79 Å². The van der Waals surface area contributed by atoms with E-state index in [1.54, 1.807) is 18.6 Å². The summed E-state index contributed by atoms with van der Waals surface area (Å²) < 4.78 is 5.15. The molecule has 2 aliphatic rings. The lowest BCUT2D eigenvalue weighted by molar-refractivity contribution is -0.163. The Morgan fingerprint density at radius 2 is 2.04 bits per heavy atom. The van der Waals surface area contributed by atoms with E-state index in [1.165, 1.54) is 0 Å². The third-order valence-electron chi connectivity index (χ3n) is 6.53. The number of furan rings is 1. The average molecular weight is 316 g/mol. The summed E-state index contributed by atoms with van der Waals surface area (Å²) in [5, 5.41) is 11.7. The molecule has 23 heavy (non-hydrogen) atoms. The van der Waals surface area contributed by atoms with Crippen molar-refractivity contribution in [3.8, 4) is 0 Å². The highest BCUT2D eigenvalue weighted by Crippen LogP contribution is 2.61. The molecule has 3 atom stereocenters. The summed E-state index contributed by atoms with van der Waals surface area (Å²) in [5.74, 6) is 0.0875. The van der Waals surface area contributed by atoms with Crippen LogP contribution in [0.15, 0.2) is 34.7 Å². The molecule has 0 bridgehead atoms. The second kappa shape index (κ2) is 5.34. The number of ketones is 1. The maximum atomic E-state index is 12.8. The first-order chi connectivity index (χ1) is 10.7. The fraction of sp³-hybridized carbons (Fsp3) is 0.650. The first-order valence-electron chi connectivity index (χ1n) is 8.67. The van der Waals surface area contributed by atoms with Gasteiger partial charge in [0.2, 0.25) is 0 Å². The van der Waals surface area contributed by atoms with Gasteiger partial charge in [0.15, 0.2) is 5.78 Å². The lowest BCUT2D eigenvalue weighted by atomic mass is 9.46. The molecule has 0 unspecified atom stereocenters. The number of hydrogen-bond acceptors (Lipinski definition) is 3. The molecule has 126 valence electrons. The van der Waals surface area contributed by atoms with Crippen molar-refractivity contribution in [3.05, 3.63) is 35.8 Å². The lowest BCUT2D eigenvalue weighted by Crippen LogP contribution is -2.61. The molecular weight excluding hydrogens is 288 g/mol. The Labute approximate surface area is 138 Å². The predicted octanol–water partition coefficient (Wildman–Crippen LogP) is 4.30. The number of allylic oxidation sites excluding steroid dienone is 1. The van der Waals surface area contributed by atoms with Crippen molar-refractivity contribution in [2.75, 3.05) is 0 Å². The van der Waals surface area contributed by atoms with Crippen molar-refractivity contribution >= 4 is 5.78 Å². The summed E-state index contributed by atoms with van der Waals surface area (Å²) >= 11 is 0. The molecule has 0 aliphatic heterocycles. The third-order valence-corrected chi connectivity index (χ3v) is 6.53. The van der Waals surface area contributed by atoms with Crippen molar-refractivity contribution in [2.45, 2.75) is 65.4 Å². The van der Waals surface area contributed by atoms with E-state index in [0.29, 0.717) is 6.42 Å². The Kier molecular flexibility index (Phi) is 3.83. The van der Waals surface area contributed by atoms with Crippen molar-refractivity contribution in [3.63, 3.8) is 0 Å². The van der Waals surface area contributed by atoms with Crippen LogP contribution in [-0.2, 0) is 11.2 Å². The molecule has 0 amide bonds. The molecule has 1 saturated carbocycles. The van der Waals surface area contributed by atoms with Gasteiger partial charge in [0.25, 0.3) is 0 Å². The predicted molar refractivity (Wildman–Crippen MR) is 90.0 cm³/mol. The van der Waals surface area contributed by atoms with Crippen molar-refractivity contribution in [2.24, 2.45) is 16.7 Å². The zero-order valence-corrected chi connectivity index (χ0v) is 14.7. The van der Waals surface area contributed by atoms with Crippen LogP contribution in [-0.4, -0.2) is 16.5 Å². The normalized spacial score (nSPS) is 36.5. The summed E-state index contributed by atoms with van der Waals surface area (Å²) in [5.41, 5.74) is 0.528. The Hall–Kier alpha value is -1.35.